The molecule has 1 amide bonds. The van der Waals surface area contributed by atoms with Gasteiger partial charge in [-0.25, -0.2) is 8.42 Å². The van der Waals surface area contributed by atoms with Gasteiger partial charge in [0.15, 0.2) is 9.84 Å². The van der Waals surface area contributed by atoms with Crippen molar-refractivity contribution in [2.75, 3.05) is 5.75 Å². The van der Waals surface area contributed by atoms with Crippen molar-refractivity contribution in [1.29, 1.82) is 0 Å². The Labute approximate surface area is 121 Å². The van der Waals surface area contributed by atoms with Gasteiger partial charge in [-0.3, -0.25) is 4.79 Å². The summed E-state index contributed by atoms with van der Waals surface area (Å²) in [6.07, 6.45) is 0.781. The first-order valence-electron chi connectivity index (χ1n) is 6.79. The molecule has 0 spiro atoms. The molecule has 0 heterocycles. The normalized spacial score (nSPS) is 13.0. The van der Waals surface area contributed by atoms with E-state index in [0.717, 1.165) is 23.1 Å². The van der Waals surface area contributed by atoms with E-state index >= 15 is 0 Å². The van der Waals surface area contributed by atoms with Crippen molar-refractivity contribution in [2.45, 2.75) is 45.9 Å². The van der Waals surface area contributed by atoms with E-state index in [1.54, 1.807) is 0 Å². The average Bonchev–Trinajstić information content (AvgIpc) is 2.32. The molecule has 0 radical (unpaired) electrons. The number of hydrogen-bond donors (Lipinski definition) is 1. The molecule has 1 rings (SSSR count). The van der Waals surface area contributed by atoms with Crippen LogP contribution >= 0.6 is 0 Å². The molecule has 0 saturated heterocycles. The van der Waals surface area contributed by atoms with E-state index in [2.05, 4.69) is 5.32 Å². The minimum Gasteiger partial charge on any atom is -0.353 e. The summed E-state index contributed by atoms with van der Waals surface area (Å²) in [6.45, 7) is 7.60. The standard InChI is InChI=1S/C15H23NO3S/c1-5-13(4)16-15(17)10-20(18,19)9-14-8-11(2)6-7-12(14)3/h6-8,13H,5,9-10H2,1-4H3,(H,16,17)/t13-/m0/s1. The van der Waals surface area contributed by atoms with E-state index < -0.39 is 21.5 Å². The SMILES string of the molecule is CC[C@H](C)NC(=O)CS(=O)(=O)Cc1cc(C)ccc1C. The lowest BCUT2D eigenvalue weighted by Crippen LogP contribution is -2.36. The fourth-order valence-electron chi connectivity index (χ4n) is 1.86. The zero-order valence-corrected chi connectivity index (χ0v) is 13.4. The fraction of sp³-hybridized carbons (Fsp3) is 0.533. The summed E-state index contributed by atoms with van der Waals surface area (Å²) in [6, 6.07) is 5.71. The molecule has 0 fully saturated rings. The van der Waals surface area contributed by atoms with Crippen molar-refractivity contribution in [2.24, 2.45) is 0 Å². The maximum atomic E-state index is 12.1. The Bertz CT molecular complexity index is 579. The number of benzene rings is 1. The maximum absolute atomic E-state index is 12.1. The molecule has 1 aromatic rings. The molecule has 5 heteroatoms. The summed E-state index contributed by atoms with van der Waals surface area (Å²) >= 11 is 0. The average molecular weight is 297 g/mol. The monoisotopic (exact) mass is 297 g/mol. The van der Waals surface area contributed by atoms with Gasteiger partial charge in [0, 0.05) is 6.04 Å². The van der Waals surface area contributed by atoms with Gasteiger partial charge in [0.05, 0.1) is 5.75 Å². The molecular weight excluding hydrogens is 274 g/mol. The predicted octanol–water partition coefficient (Wildman–Crippen LogP) is 2.13. The van der Waals surface area contributed by atoms with Crippen LogP contribution in [0, 0.1) is 13.8 Å². The highest BCUT2D eigenvalue weighted by molar-refractivity contribution is 7.91. The van der Waals surface area contributed by atoms with Crippen molar-refractivity contribution in [1.82, 2.24) is 5.32 Å². The first-order chi connectivity index (χ1) is 9.23. The van der Waals surface area contributed by atoms with Crippen LogP contribution in [-0.4, -0.2) is 26.1 Å². The van der Waals surface area contributed by atoms with Crippen LogP contribution in [0.1, 0.15) is 37.0 Å². The van der Waals surface area contributed by atoms with Crippen molar-refractivity contribution in [3.63, 3.8) is 0 Å². The Morgan fingerprint density at radius 3 is 2.55 bits per heavy atom. The first kappa shape index (κ1) is 16.7. The lowest BCUT2D eigenvalue weighted by atomic mass is 10.1. The second kappa shape index (κ2) is 6.88. The second-order valence-electron chi connectivity index (χ2n) is 5.34. The molecule has 0 aromatic heterocycles. The minimum absolute atomic E-state index is 0.00148. The maximum Gasteiger partial charge on any atom is 0.235 e. The fourth-order valence-corrected chi connectivity index (χ4v) is 3.23. The number of aryl methyl sites for hydroxylation is 2. The van der Waals surface area contributed by atoms with E-state index in [-0.39, 0.29) is 11.8 Å². The Hall–Kier alpha value is -1.36. The van der Waals surface area contributed by atoms with E-state index in [1.165, 1.54) is 0 Å². The molecule has 1 aromatic carbocycles. The molecule has 112 valence electrons. The Balaban J connectivity index is 2.75. The highest BCUT2D eigenvalue weighted by atomic mass is 32.2. The molecule has 1 atom stereocenters. The Morgan fingerprint density at radius 2 is 1.95 bits per heavy atom. The van der Waals surface area contributed by atoms with Crippen molar-refractivity contribution >= 4 is 15.7 Å². The van der Waals surface area contributed by atoms with Crippen LogP contribution in [0.25, 0.3) is 0 Å². The van der Waals surface area contributed by atoms with Gasteiger partial charge in [0.2, 0.25) is 5.91 Å². The number of carbonyl (C=O) groups is 1. The minimum atomic E-state index is -3.44. The van der Waals surface area contributed by atoms with Gasteiger partial charge in [-0.1, -0.05) is 30.7 Å². The van der Waals surface area contributed by atoms with E-state index in [4.69, 9.17) is 0 Å². The molecule has 0 aliphatic heterocycles. The Kier molecular flexibility index (Phi) is 5.74. The van der Waals surface area contributed by atoms with Crippen molar-refractivity contribution in [3.05, 3.63) is 34.9 Å². The second-order valence-corrected chi connectivity index (χ2v) is 7.40. The lowest BCUT2D eigenvalue weighted by molar-refractivity contribution is -0.119. The molecule has 4 nitrogen and oxygen atoms in total. The zero-order chi connectivity index (χ0) is 15.3. The van der Waals surface area contributed by atoms with Crippen LogP contribution in [0.4, 0.5) is 0 Å². The van der Waals surface area contributed by atoms with Gasteiger partial charge in [-0.15, -0.1) is 0 Å². The number of nitrogens with one attached hydrogen (secondary N) is 1. The summed E-state index contributed by atoms with van der Waals surface area (Å²) in [5, 5.41) is 2.68. The highest BCUT2D eigenvalue weighted by Gasteiger charge is 2.19. The smallest absolute Gasteiger partial charge is 0.235 e. The summed E-state index contributed by atoms with van der Waals surface area (Å²) in [7, 11) is -3.44. The van der Waals surface area contributed by atoms with Crippen LogP contribution in [0.15, 0.2) is 18.2 Å². The first-order valence-corrected chi connectivity index (χ1v) is 8.61. The van der Waals surface area contributed by atoms with Gasteiger partial charge >= 0.3 is 0 Å². The summed E-state index contributed by atoms with van der Waals surface area (Å²) in [4.78, 5) is 11.7. The zero-order valence-electron chi connectivity index (χ0n) is 12.6. The summed E-state index contributed by atoms with van der Waals surface area (Å²) in [5.41, 5.74) is 2.72. The molecular formula is C15H23NO3S. The molecule has 0 unspecified atom stereocenters. The van der Waals surface area contributed by atoms with Crippen LogP contribution in [0.3, 0.4) is 0 Å². The molecule has 0 aliphatic carbocycles. The van der Waals surface area contributed by atoms with Gasteiger partial charge in [0.1, 0.15) is 5.75 Å². The molecule has 0 aliphatic rings. The van der Waals surface area contributed by atoms with Gasteiger partial charge in [-0.05, 0) is 38.3 Å². The van der Waals surface area contributed by atoms with E-state index in [0.29, 0.717) is 0 Å². The quantitative estimate of drug-likeness (QED) is 0.875. The molecule has 0 saturated carbocycles. The van der Waals surface area contributed by atoms with Crippen LogP contribution in [-0.2, 0) is 20.4 Å². The van der Waals surface area contributed by atoms with Gasteiger partial charge < -0.3 is 5.32 Å². The van der Waals surface area contributed by atoms with Crippen LogP contribution in [0.5, 0.6) is 0 Å². The molecule has 0 bridgehead atoms. The van der Waals surface area contributed by atoms with Crippen LogP contribution in [0.2, 0.25) is 0 Å². The third kappa shape index (κ3) is 5.33. The van der Waals surface area contributed by atoms with Crippen molar-refractivity contribution < 1.29 is 13.2 Å². The van der Waals surface area contributed by atoms with Crippen LogP contribution < -0.4 is 5.32 Å². The molecule has 20 heavy (non-hydrogen) atoms. The van der Waals surface area contributed by atoms with E-state index in [9.17, 15) is 13.2 Å². The molecule has 1 N–H and O–H groups in total. The number of amides is 1. The Morgan fingerprint density at radius 1 is 1.30 bits per heavy atom. The summed E-state index contributed by atoms with van der Waals surface area (Å²) < 4.78 is 24.2. The number of rotatable bonds is 6. The summed E-state index contributed by atoms with van der Waals surface area (Å²) in [5.74, 6) is -0.969. The number of carbonyl (C=O) groups excluding carboxylic acids is 1. The topological polar surface area (TPSA) is 63.2 Å². The lowest BCUT2D eigenvalue weighted by Gasteiger charge is -2.12. The third-order valence-electron chi connectivity index (χ3n) is 3.25. The van der Waals surface area contributed by atoms with Gasteiger partial charge in [0.25, 0.3) is 0 Å². The van der Waals surface area contributed by atoms with Gasteiger partial charge in [-0.2, -0.15) is 0 Å². The predicted molar refractivity (Wildman–Crippen MR) is 81.3 cm³/mol. The number of sulfone groups is 1. The third-order valence-corrected chi connectivity index (χ3v) is 4.70. The van der Waals surface area contributed by atoms with E-state index in [1.807, 2.05) is 45.9 Å². The largest absolute Gasteiger partial charge is 0.353 e. The van der Waals surface area contributed by atoms with Crippen molar-refractivity contribution in [3.8, 4) is 0 Å². The highest BCUT2D eigenvalue weighted by Crippen LogP contribution is 2.14. The number of hydrogen-bond acceptors (Lipinski definition) is 3.